The van der Waals surface area contributed by atoms with Gasteiger partial charge >= 0.3 is 0 Å². The largest absolute Gasteiger partial charge is 0.254 e. The monoisotopic (exact) mass is 291 g/mol. The smallest absolute Gasteiger partial charge is 0.0847 e. The lowest BCUT2D eigenvalue weighted by Crippen LogP contribution is -2.14. The van der Waals surface area contributed by atoms with Crippen LogP contribution in [0.5, 0.6) is 0 Å². The summed E-state index contributed by atoms with van der Waals surface area (Å²) in [6.07, 6.45) is 1.75. The van der Waals surface area contributed by atoms with Crippen LogP contribution in [0.4, 0.5) is 0 Å². The van der Waals surface area contributed by atoms with Crippen LogP contribution in [-0.4, -0.2) is 4.98 Å². The van der Waals surface area contributed by atoms with E-state index in [0.29, 0.717) is 0 Å². The first-order valence-corrected chi connectivity index (χ1v) is 7.83. The number of hydrogen-bond acceptors (Lipinski definition) is 3. The van der Waals surface area contributed by atoms with Crippen LogP contribution in [-0.2, 0) is 5.41 Å². The van der Waals surface area contributed by atoms with Crippen LogP contribution < -0.4 is 0 Å². The molecule has 90 valence electrons. The maximum absolute atomic E-state index is 6.10. The molecular weight excluding hydrogens is 282 g/mol. The van der Waals surface area contributed by atoms with Gasteiger partial charge in [0, 0.05) is 26.6 Å². The number of thiophene rings is 2. The van der Waals surface area contributed by atoms with Crippen molar-refractivity contribution in [3.8, 4) is 10.6 Å². The summed E-state index contributed by atoms with van der Waals surface area (Å²) in [4.78, 5) is 5.88. The predicted octanol–water partition coefficient (Wildman–Crippen LogP) is 5.32. The highest BCUT2D eigenvalue weighted by atomic mass is 35.5. The fourth-order valence-electron chi connectivity index (χ4n) is 2.79. The molecule has 18 heavy (non-hydrogen) atoms. The fourth-order valence-corrected chi connectivity index (χ4v) is 5.64. The molecule has 0 saturated heterocycles. The van der Waals surface area contributed by atoms with Gasteiger partial charge in [0.05, 0.1) is 15.6 Å². The van der Waals surface area contributed by atoms with Crippen LogP contribution in [0.1, 0.15) is 25.0 Å². The molecule has 1 aliphatic rings. The van der Waals surface area contributed by atoms with Gasteiger partial charge in [-0.3, -0.25) is 4.98 Å². The first kappa shape index (κ1) is 11.0. The lowest BCUT2D eigenvalue weighted by molar-refractivity contribution is 0.666. The Morgan fingerprint density at radius 2 is 2.17 bits per heavy atom. The van der Waals surface area contributed by atoms with Gasteiger partial charge in [-0.25, -0.2) is 0 Å². The summed E-state index contributed by atoms with van der Waals surface area (Å²) in [5, 5.41) is 2.89. The fraction of sp³-hybridized carbons (Fsp3) is 0.214. The third-order valence-electron chi connectivity index (χ3n) is 3.66. The second-order valence-electron chi connectivity index (χ2n) is 5.09. The van der Waals surface area contributed by atoms with Crippen LogP contribution >= 0.6 is 34.3 Å². The predicted molar refractivity (Wildman–Crippen MR) is 80.1 cm³/mol. The van der Waals surface area contributed by atoms with Crippen LogP contribution in [0.15, 0.2) is 23.7 Å². The van der Waals surface area contributed by atoms with Crippen molar-refractivity contribution < 1.29 is 0 Å². The van der Waals surface area contributed by atoms with Crippen molar-refractivity contribution in [3.63, 3.8) is 0 Å². The minimum absolute atomic E-state index is 0.00562. The zero-order valence-electron chi connectivity index (χ0n) is 9.95. The van der Waals surface area contributed by atoms with E-state index in [0.717, 1.165) is 10.7 Å². The molecule has 0 bridgehead atoms. The molecule has 0 N–H and O–H groups in total. The Balaban J connectivity index is 2.17. The summed E-state index contributed by atoms with van der Waals surface area (Å²) < 4.78 is 2.79. The number of nitrogens with zero attached hydrogens (tertiary/aromatic N) is 1. The van der Waals surface area contributed by atoms with Crippen molar-refractivity contribution in [1.29, 1.82) is 0 Å². The SMILES string of the molecule is CC1(C)c2cc(Cl)cnc2-c2sc3ccsc3c21. The molecule has 3 aromatic heterocycles. The Bertz CT molecular complexity index is 782. The van der Waals surface area contributed by atoms with E-state index in [1.165, 1.54) is 25.4 Å². The van der Waals surface area contributed by atoms with Gasteiger partial charge in [0.15, 0.2) is 0 Å². The highest BCUT2D eigenvalue weighted by Crippen LogP contribution is 2.55. The third kappa shape index (κ3) is 1.20. The lowest BCUT2D eigenvalue weighted by Gasteiger charge is -2.20. The Hall–Kier alpha value is -0.900. The molecule has 1 aliphatic carbocycles. The van der Waals surface area contributed by atoms with E-state index in [1.807, 2.05) is 22.7 Å². The lowest BCUT2D eigenvalue weighted by atomic mass is 9.83. The van der Waals surface area contributed by atoms with Crippen LogP contribution in [0.3, 0.4) is 0 Å². The zero-order valence-corrected chi connectivity index (χ0v) is 12.3. The molecule has 4 heteroatoms. The maximum atomic E-state index is 6.10. The van der Waals surface area contributed by atoms with Crippen molar-refractivity contribution in [2.24, 2.45) is 0 Å². The van der Waals surface area contributed by atoms with E-state index >= 15 is 0 Å². The Morgan fingerprint density at radius 3 is 3.00 bits per heavy atom. The highest BCUT2D eigenvalue weighted by molar-refractivity contribution is 7.29. The van der Waals surface area contributed by atoms with Gasteiger partial charge < -0.3 is 0 Å². The Kier molecular flexibility index (Phi) is 2.04. The maximum Gasteiger partial charge on any atom is 0.0847 e. The second-order valence-corrected chi connectivity index (χ2v) is 7.50. The quantitative estimate of drug-likeness (QED) is 0.546. The molecule has 4 rings (SSSR count). The summed E-state index contributed by atoms with van der Waals surface area (Å²) in [5.41, 5.74) is 3.81. The normalized spacial score (nSPS) is 15.9. The first-order chi connectivity index (χ1) is 8.59. The molecule has 0 unspecified atom stereocenters. The molecule has 0 aromatic carbocycles. The molecule has 0 amide bonds. The molecule has 0 aliphatic heterocycles. The average Bonchev–Trinajstić information content (AvgIpc) is 2.91. The van der Waals surface area contributed by atoms with Crippen molar-refractivity contribution in [1.82, 2.24) is 4.98 Å². The number of fused-ring (bicyclic) bond motifs is 5. The van der Waals surface area contributed by atoms with Gasteiger partial charge in [-0.05, 0) is 23.1 Å². The Labute approximate surface area is 118 Å². The molecule has 0 atom stereocenters. The number of hydrogen-bond donors (Lipinski definition) is 0. The third-order valence-corrected chi connectivity index (χ3v) is 6.09. The molecular formula is C14H10ClNS2. The summed E-state index contributed by atoms with van der Waals surface area (Å²) in [7, 11) is 0. The van der Waals surface area contributed by atoms with Crippen molar-refractivity contribution >= 4 is 43.7 Å². The second kappa shape index (κ2) is 3.35. The van der Waals surface area contributed by atoms with Crippen molar-refractivity contribution in [2.45, 2.75) is 19.3 Å². The van der Waals surface area contributed by atoms with E-state index in [9.17, 15) is 0 Å². The van der Waals surface area contributed by atoms with Gasteiger partial charge in [-0.15, -0.1) is 22.7 Å². The summed E-state index contributed by atoms with van der Waals surface area (Å²) >= 11 is 9.78. The minimum Gasteiger partial charge on any atom is -0.254 e. The number of halogens is 1. The molecule has 0 saturated carbocycles. The molecule has 0 fully saturated rings. The van der Waals surface area contributed by atoms with Crippen LogP contribution in [0, 0.1) is 0 Å². The van der Waals surface area contributed by atoms with E-state index < -0.39 is 0 Å². The van der Waals surface area contributed by atoms with Gasteiger partial charge in [0.1, 0.15) is 0 Å². The van der Waals surface area contributed by atoms with Gasteiger partial charge in [0.25, 0.3) is 0 Å². The van der Waals surface area contributed by atoms with E-state index in [1.54, 1.807) is 6.20 Å². The van der Waals surface area contributed by atoms with Gasteiger partial charge in [0.2, 0.25) is 0 Å². The topological polar surface area (TPSA) is 12.9 Å². The van der Waals surface area contributed by atoms with Gasteiger partial charge in [-0.2, -0.15) is 0 Å². The molecule has 1 nitrogen and oxygen atoms in total. The van der Waals surface area contributed by atoms with Crippen molar-refractivity contribution in [2.75, 3.05) is 0 Å². The standard InChI is InChI=1S/C14H10ClNS2/c1-14(2)8-5-7(15)6-16-11(8)13-10(14)12-9(18-13)3-4-17-12/h3-6H,1-2H3. The number of rotatable bonds is 0. The van der Waals surface area contributed by atoms with Crippen LogP contribution in [0.2, 0.25) is 5.02 Å². The van der Waals surface area contributed by atoms with Gasteiger partial charge in [-0.1, -0.05) is 25.4 Å². The van der Waals surface area contributed by atoms with Crippen LogP contribution in [0.25, 0.3) is 20.0 Å². The average molecular weight is 292 g/mol. The number of aromatic nitrogens is 1. The summed E-state index contributed by atoms with van der Waals surface area (Å²) in [6, 6.07) is 4.27. The van der Waals surface area contributed by atoms with E-state index in [2.05, 4.69) is 36.3 Å². The molecule has 3 heterocycles. The van der Waals surface area contributed by atoms with Crippen molar-refractivity contribution in [3.05, 3.63) is 39.9 Å². The van der Waals surface area contributed by atoms with E-state index in [4.69, 9.17) is 11.6 Å². The Morgan fingerprint density at radius 1 is 1.33 bits per heavy atom. The highest BCUT2D eigenvalue weighted by Gasteiger charge is 2.40. The van der Waals surface area contributed by atoms with E-state index in [-0.39, 0.29) is 5.41 Å². The minimum atomic E-state index is 0.00562. The first-order valence-electron chi connectivity index (χ1n) is 5.76. The number of pyridine rings is 1. The molecule has 3 aromatic rings. The molecule has 0 radical (unpaired) electrons. The zero-order chi connectivity index (χ0) is 12.5. The summed E-state index contributed by atoms with van der Waals surface area (Å²) in [5.74, 6) is 0. The summed E-state index contributed by atoms with van der Waals surface area (Å²) in [6.45, 7) is 4.53. The molecule has 0 spiro atoms.